The van der Waals surface area contributed by atoms with Crippen LogP contribution in [0.5, 0.6) is 0 Å². The number of alkyl halides is 3. The lowest BCUT2D eigenvalue weighted by Gasteiger charge is -2.15. The monoisotopic (exact) mass is 425 g/mol. The first kappa shape index (κ1) is 20.1. The van der Waals surface area contributed by atoms with E-state index in [4.69, 9.17) is 5.73 Å². The molecule has 0 bridgehead atoms. The van der Waals surface area contributed by atoms with E-state index in [1.807, 2.05) is 0 Å². The Morgan fingerprint density at radius 1 is 0.968 bits per heavy atom. The lowest BCUT2D eigenvalue weighted by Crippen LogP contribution is -2.16. The highest BCUT2D eigenvalue weighted by Crippen LogP contribution is 2.38. The average molecular weight is 425 g/mol. The molecule has 1 heterocycles. The van der Waals surface area contributed by atoms with E-state index in [1.54, 1.807) is 12.1 Å². The molecular weight excluding hydrogens is 411 g/mol. The molecule has 4 aromatic rings. The molecule has 2 N–H and O–H groups in total. The van der Waals surface area contributed by atoms with Gasteiger partial charge in [0.15, 0.2) is 0 Å². The lowest BCUT2D eigenvalue weighted by atomic mass is 9.99. The van der Waals surface area contributed by atoms with E-state index in [0.29, 0.717) is 22.2 Å². The number of nitro groups is 1. The van der Waals surface area contributed by atoms with Gasteiger partial charge in [0.05, 0.1) is 16.0 Å². The minimum Gasteiger partial charge on any atom is -0.364 e. The summed E-state index contributed by atoms with van der Waals surface area (Å²) in [4.78, 5) is 22.6. The number of carbonyl (C=O) groups excluding carboxylic acids is 1. The van der Waals surface area contributed by atoms with Gasteiger partial charge in [-0.2, -0.15) is 13.2 Å². The van der Waals surface area contributed by atoms with Crippen molar-refractivity contribution in [2.24, 2.45) is 5.73 Å². The van der Waals surface area contributed by atoms with Crippen LogP contribution in [0.15, 0.2) is 72.8 Å². The maximum absolute atomic E-state index is 13.5. The number of benzene rings is 3. The van der Waals surface area contributed by atoms with E-state index in [1.165, 1.54) is 59.2 Å². The summed E-state index contributed by atoms with van der Waals surface area (Å²) in [6.07, 6.45) is -4.54. The summed E-state index contributed by atoms with van der Waals surface area (Å²) in [5, 5.41) is 11.5. The maximum Gasteiger partial charge on any atom is 0.417 e. The predicted molar refractivity (Wildman–Crippen MR) is 109 cm³/mol. The predicted octanol–water partition coefficient (Wildman–Crippen LogP) is 5.32. The van der Waals surface area contributed by atoms with Crippen molar-refractivity contribution in [3.05, 3.63) is 94.2 Å². The third kappa shape index (κ3) is 3.61. The molecule has 31 heavy (non-hydrogen) atoms. The summed E-state index contributed by atoms with van der Waals surface area (Å²) in [6, 6.07) is 16.9. The van der Waals surface area contributed by atoms with Gasteiger partial charge >= 0.3 is 6.18 Å². The van der Waals surface area contributed by atoms with Gasteiger partial charge in [0.25, 0.3) is 11.6 Å². The van der Waals surface area contributed by atoms with Crippen molar-refractivity contribution in [2.45, 2.75) is 6.18 Å². The van der Waals surface area contributed by atoms with Crippen LogP contribution in [0.4, 0.5) is 18.9 Å². The lowest BCUT2D eigenvalue weighted by molar-refractivity contribution is -0.384. The van der Waals surface area contributed by atoms with Crippen LogP contribution >= 0.6 is 0 Å². The van der Waals surface area contributed by atoms with E-state index in [-0.39, 0.29) is 16.9 Å². The fourth-order valence-electron chi connectivity index (χ4n) is 3.57. The number of rotatable bonds is 4. The molecule has 3 aromatic carbocycles. The Kier molecular flexibility index (Phi) is 4.73. The van der Waals surface area contributed by atoms with Gasteiger partial charge in [-0.05, 0) is 41.5 Å². The fraction of sp³-hybridized carbons (Fsp3) is 0.0455. The molecule has 156 valence electrons. The number of non-ortho nitro benzene ring substituents is 1. The average Bonchev–Trinajstić information content (AvgIpc) is 3.12. The number of hydrogen-bond acceptors (Lipinski definition) is 3. The fourth-order valence-corrected chi connectivity index (χ4v) is 3.57. The first-order chi connectivity index (χ1) is 14.7. The number of carbonyl (C=O) groups is 1. The number of hydrogen-bond donors (Lipinski definition) is 1. The molecule has 4 rings (SSSR count). The molecule has 0 saturated heterocycles. The zero-order chi connectivity index (χ0) is 22.3. The van der Waals surface area contributed by atoms with Crippen molar-refractivity contribution in [1.82, 2.24) is 4.57 Å². The van der Waals surface area contributed by atoms with Crippen molar-refractivity contribution in [3.8, 4) is 16.8 Å². The van der Waals surface area contributed by atoms with Gasteiger partial charge in [-0.25, -0.2) is 0 Å². The molecule has 0 aliphatic rings. The number of nitro benzene ring substituents is 1. The minimum atomic E-state index is -4.54. The number of nitrogens with zero attached hydrogens (tertiary/aromatic N) is 2. The molecule has 0 saturated carbocycles. The second-order valence-electron chi connectivity index (χ2n) is 6.82. The third-order valence-corrected chi connectivity index (χ3v) is 4.90. The number of primary amides is 1. The SMILES string of the molecule is NC(=O)c1cc2cc([N+](=O)[O-])ccc2n1-c1cccc(-c2ccccc2C(F)(F)F)c1. The Labute approximate surface area is 173 Å². The van der Waals surface area contributed by atoms with E-state index in [0.717, 1.165) is 6.07 Å². The van der Waals surface area contributed by atoms with Gasteiger partial charge in [0.1, 0.15) is 5.69 Å². The van der Waals surface area contributed by atoms with Crippen molar-refractivity contribution >= 4 is 22.5 Å². The summed E-state index contributed by atoms with van der Waals surface area (Å²) in [5.41, 5.74) is 5.75. The van der Waals surface area contributed by atoms with Crippen LogP contribution in [-0.2, 0) is 6.18 Å². The molecule has 0 aliphatic carbocycles. The van der Waals surface area contributed by atoms with Gasteiger partial charge in [0.2, 0.25) is 0 Å². The van der Waals surface area contributed by atoms with E-state index < -0.39 is 22.6 Å². The second-order valence-corrected chi connectivity index (χ2v) is 6.82. The van der Waals surface area contributed by atoms with Crippen LogP contribution in [-0.4, -0.2) is 15.4 Å². The summed E-state index contributed by atoms with van der Waals surface area (Å²) in [6.45, 7) is 0. The number of fused-ring (bicyclic) bond motifs is 1. The minimum absolute atomic E-state index is 0.00965. The first-order valence-electron chi connectivity index (χ1n) is 9.03. The van der Waals surface area contributed by atoms with Gasteiger partial charge in [-0.15, -0.1) is 0 Å². The molecule has 0 aliphatic heterocycles. The number of nitrogens with two attached hydrogens (primary N) is 1. The Bertz CT molecular complexity index is 1340. The molecule has 0 spiro atoms. The summed E-state index contributed by atoms with van der Waals surface area (Å²) >= 11 is 0. The molecule has 6 nitrogen and oxygen atoms in total. The molecule has 0 fully saturated rings. The third-order valence-electron chi connectivity index (χ3n) is 4.90. The van der Waals surface area contributed by atoms with Crippen molar-refractivity contribution in [2.75, 3.05) is 0 Å². The molecule has 1 aromatic heterocycles. The zero-order valence-corrected chi connectivity index (χ0v) is 15.8. The van der Waals surface area contributed by atoms with Gasteiger partial charge in [-0.1, -0.05) is 30.3 Å². The second kappa shape index (κ2) is 7.28. The van der Waals surface area contributed by atoms with E-state index in [9.17, 15) is 28.1 Å². The smallest absolute Gasteiger partial charge is 0.364 e. The highest BCUT2D eigenvalue weighted by Gasteiger charge is 2.33. The van der Waals surface area contributed by atoms with Crippen molar-refractivity contribution in [1.29, 1.82) is 0 Å². The van der Waals surface area contributed by atoms with Crippen LogP contribution in [0.2, 0.25) is 0 Å². The summed E-state index contributed by atoms with van der Waals surface area (Å²) in [7, 11) is 0. The highest BCUT2D eigenvalue weighted by molar-refractivity contribution is 5.99. The summed E-state index contributed by atoms with van der Waals surface area (Å²) < 4.78 is 41.9. The molecule has 1 amide bonds. The maximum atomic E-state index is 13.5. The summed E-state index contributed by atoms with van der Waals surface area (Å²) in [5.74, 6) is -0.778. The molecule has 0 radical (unpaired) electrons. The van der Waals surface area contributed by atoms with Crippen molar-refractivity contribution in [3.63, 3.8) is 0 Å². The zero-order valence-electron chi connectivity index (χ0n) is 15.8. The molecular formula is C22H14F3N3O3. The molecule has 0 unspecified atom stereocenters. The Morgan fingerprint density at radius 2 is 1.71 bits per heavy atom. The van der Waals surface area contributed by atoms with E-state index in [2.05, 4.69) is 0 Å². The first-order valence-corrected chi connectivity index (χ1v) is 9.03. The Hall–Kier alpha value is -4.14. The number of aromatic nitrogens is 1. The highest BCUT2D eigenvalue weighted by atomic mass is 19.4. The Morgan fingerprint density at radius 3 is 2.39 bits per heavy atom. The Balaban J connectivity index is 1.94. The number of amides is 1. The topological polar surface area (TPSA) is 91.2 Å². The van der Waals surface area contributed by atoms with E-state index >= 15 is 0 Å². The normalized spacial score (nSPS) is 11.6. The van der Waals surface area contributed by atoms with Crippen LogP contribution < -0.4 is 5.73 Å². The van der Waals surface area contributed by atoms with Gasteiger partial charge in [-0.3, -0.25) is 14.9 Å². The van der Waals surface area contributed by atoms with Crippen LogP contribution in [0.25, 0.3) is 27.7 Å². The largest absolute Gasteiger partial charge is 0.417 e. The number of halogens is 3. The van der Waals surface area contributed by atoms with Crippen LogP contribution in [0.3, 0.4) is 0 Å². The molecule has 0 atom stereocenters. The van der Waals surface area contributed by atoms with Crippen LogP contribution in [0, 0.1) is 10.1 Å². The van der Waals surface area contributed by atoms with Crippen LogP contribution in [0.1, 0.15) is 16.1 Å². The standard InChI is InChI=1S/C22H14F3N3O3/c23-22(24,25)18-7-2-1-6-17(18)13-4-3-5-15(10-13)27-19-9-8-16(28(30)31)11-14(19)12-20(27)21(26)29/h1-12H,(H2,26,29). The molecule has 9 heteroatoms. The quantitative estimate of drug-likeness (QED) is 0.354. The van der Waals surface area contributed by atoms with Gasteiger partial charge in [0, 0.05) is 23.2 Å². The van der Waals surface area contributed by atoms with Gasteiger partial charge < -0.3 is 10.3 Å². The van der Waals surface area contributed by atoms with Crippen molar-refractivity contribution < 1.29 is 22.9 Å².